The summed E-state index contributed by atoms with van der Waals surface area (Å²) in [6.07, 6.45) is 3.68. The first-order valence-electron chi connectivity index (χ1n) is 9.35. The predicted octanol–water partition coefficient (Wildman–Crippen LogP) is 5.37. The lowest BCUT2D eigenvalue weighted by Gasteiger charge is -2.39. The minimum atomic E-state index is -3.73. The van der Waals surface area contributed by atoms with Gasteiger partial charge in [0, 0.05) is 23.1 Å². The Labute approximate surface area is 176 Å². The normalized spacial score (nSPS) is 17.8. The molecule has 7 heteroatoms. The number of para-hydroxylation sites is 1. The van der Waals surface area contributed by atoms with Gasteiger partial charge in [-0.05, 0) is 59.4 Å². The van der Waals surface area contributed by atoms with Crippen molar-refractivity contribution < 1.29 is 8.42 Å². The average Bonchev–Trinajstić information content (AvgIpc) is 2.69. The Kier molecular flexibility index (Phi) is 5.00. The molecule has 1 unspecified atom stereocenters. The van der Waals surface area contributed by atoms with Crippen LogP contribution in [-0.4, -0.2) is 13.4 Å². The second kappa shape index (κ2) is 7.35. The third-order valence-corrected chi connectivity index (χ3v) is 6.87. The van der Waals surface area contributed by atoms with Crippen molar-refractivity contribution in [3.63, 3.8) is 0 Å². The molecule has 4 rings (SSSR count). The van der Waals surface area contributed by atoms with Crippen LogP contribution < -0.4 is 10.0 Å². The molecule has 1 aliphatic heterocycles. The quantitative estimate of drug-likeness (QED) is 0.587. The number of aromatic nitrogens is 1. The van der Waals surface area contributed by atoms with Crippen molar-refractivity contribution in [3.05, 3.63) is 83.1 Å². The van der Waals surface area contributed by atoms with Gasteiger partial charge in [-0.3, -0.25) is 9.71 Å². The van der Waals surface area contributed by atoms with Crippen molar-refractivity contribution in [1.82, 2.24) is 4.98 Å². The van der Waals surface area contributed by atoms with Crippen LogP contribution in [0.3, 0.4) is 0 Å². The van der Waals surface area contributed by atoms with Crippen LogP contribution in [0.4, 0.5) is 11.4 Å². The number of nitrogens with one attached hydrogen (secondary N) is 2. The van der Waals surface area contributed by atoms with Gasteiger partial charge >= 0.3 is 0 Å². The van der Waals surface area contributed by atoms with E-state index in [0.29, 0.717) is 10.7 Å². The van der Waals surface area contributed by atoms with Crippen molar-refractivity contribution >= 4 is 33.0 Å². The van der Waals surface area contributed by atoms with Crippen molar-refractivity contribution in [3.8, 4) is 0 Å². The fraction of sp³-hybridized carbons (Fsp3) is 0.227. The van der Waals surface area contributed by atoms with Gasteiger partial charge in [0.2, 0.25) is 0 Å². The lowest BCUT2D eigenvalue weighted by Crippen LogP contribution is -2.31. The van der Waals surface area contributed by atoms with Crippen LogP contribution in [0.25, 0.3) is 0 Å². The van der Waals surface area contributed by atoms with Gasteiger partial charge < -0.3 is 5.32 Å². The first-order valence-corrected chi connectivity index (χ1v) is 11.2. The Morgan fingerprint density at radius 2 is 1.93 bits per heavy atom. The first kappa shape index (κ1) is 19.7. The summed E-state index contributed by atoms with van der Waals surface area (Å²) in [6, 6.07) is 16.4. The fourth-order valence-electron chi connectivity index (χ4n) is 3.85. The van der Waals surface area contributed by atoms with Gasteiger partial charge in [-0.2, -0.15) is 0 Å². The highest BCUT2D eigenvalue weighted by atomic mass is 35.5. The maximum absolute atomic E-state index is 12.8. The molecule has 2 N–H and O–H groups in total. The van der Waals surface area contributed by atoms with Crippen LogP contribution >= 0.6 is 11.6 Å². The number of rotatable bonds is 4. The Hall–Kier alpha value is -2.57. The van der Waals surface area contributed by atoms with Gasteiger partial charge in [0.1, 0.15) is 4.90 Å². The molecule has 0 amide bonds. The van der Waals surface area contributed by atoms with E-state index in [1.807, 2.05) is 36.4 Å². The Balaban J connectivity index is 1.70. The Bertz CT molecular complexity index is 1150. The molecule has 150 valence electrons. The standard InChI is InChI=1S/C22H22ClN3O2S/c1-22(2)13-21(25-20-10-9-15(23)12-18(20)22)17-7-3-4-8-19(17)26-29(27,28)16-6-5-11-24-14-16/h3-12,14,21,25-26H,13H2,1-2H3. The third kappa shape index (κ3) is 3.95. The van der Waals surface area contributed by atoms with Gasteiger partial charge in [0.05, 0.1) is 11.7 Å². The third-order valence-electron chi connectivity index (χ3n) is 5.28. The van der Waals surface area contributed by atoms with Gasteiger partial charge in [-0.25, -0.2) is 8.42 Å². The Morgan fingerprint density at radius 1 is 1.14 bits per heavy atom. The topological polar surface area (TPSA) is 71.1 Å². The lowest BCUT2D eigenvalue weighted by molar-refractivity contribution is 0.428. The summed E-state index contributed by atoms with van der Waals surface area (Å²) in [6.45, 7) is 4.36. The van der Waals surface area contributed by atoms with Crippen molar-refractivity contribution in [2.45, 2.75) is 36.6 Å². The SMILES string of the molecule is CC1(C)CC(c2ccccc2NS(=O)(=O)c2cccnc2)Nc2ccc(Cl)cc21. The average molecular weight is 428 g/mol. The van der Waals surface area contributed by atoms with Crippen LogP contribution in [0.15, 0.2) is 71.9 Å². The molecule has 3 aromatic rings. The lowest BCUT2D eigenvalue weighted by atomic mass is 9.74. The van der Waals surface area contributed by atoms with Gasteiger partial charge in [0.25, 0.3) is 10.0 Å². The molecular weight excluding hydrogens is 406 g/mol. The molecule has 5 nitrogen and oxygen atoms in total. The van der Waals surface area contributed by atoms with Crippen molar-refractivity contribution in [2.75, 3.05) is 10.0 Å². The van der Waals surface area contributed by atoms with E-state index >= 15 is 0 Å². The molecular formula is C22H22ClN3O2S. The second-order valence-electron chi connectivity index (χ2n) is 7.86. The van der Waals surface area contributed by atoms with Crippen LogP contribution in [0.5, 0.6) is 0 Å². The van der Waals surface area contributed by atoms with Crippen LogP contribution in [-0.2, 0) is 15.4 Å². The molecule has 0 bridgehead atoms. The number of anilines is 2. The summed E-state index contributed by atoms with van der Waals surface area (Å²) in [4.78, 5) is 4.04. The summed E-state index contributed by atoms with van der Waals surface area (Å²) >= 11 is 6.20. The highest BCUT2D eigenvalue weighted by Gasteiger charge is 2.34. The van der Waals surface area contributed by atoms with Crippen molar-refractivity contribution in [2.24, 2.45) is 0 Å². The van der Waals surface area contributed by atoms with E-state index in [2.05, 4.69) is 28.9 Å². The fourth-order valence-corrected chi connectivity index (χ4v) is 5.08. The molecule has 0 fully saturated rings. The smallest absolute Gasteiger partial charge is 0.263 e. The summed E-state index contributed by atoms with van der Waals surface area (Å²) in [5, 5.41) is 4.27. The van der Waals surface area contributed by atoms with E-state index < -0.39 is 10.0 Å². The number of benzene rings is 2. The van der Waals surface area contributed by atoms with E-state index in [9.17, 15) is 8.42 Å². The van der Waals surface area contributed by atoms with Crippen molar-refractivity contribution in [1.29, 1.82) is 0 Å². The number of pyridine rings is 1. The zero-order chi connectivity index (χ0) is 20.6. The molecule has 2 heterocycles. The number of hydrogen-bond acceptors (Lipinski definition) is 4. The van der Waals surface area contributed by atoms with Crippen LogP contribution in [0, 0.1) is 0 Å². The highest BCUT2D eigenvalue weighted by molar-refractivity contribution is 7.92. The summed E-state index contributed by atoms with van der Waals surface area (Å²) in [7, 11) is -3.73. The largest absolute Gasteiger partial charge is 0.378 e. The summed E-state index contributed by atoms with van der Waals surface area (Å²) in [5.74, 6) is 0. The summed E-state index contributed by atoms with van der Waals surface area (Å²) in [5.41, 5.74) is 3.51. The Morgan fingerprint density at radius 3 is 2.69 bits per heavy atom. The van der Waals surface area contributed by atoms with E-state index in [0.717, 1.165) is 23.2 Å². The minimum absolute atomic E-state index is 0.0496. The number of nitrogens with zero attached hydrogens (tertiary/aromatic N) is 1. The molecule has 0 spiro atoms. The summed E-state index contributed by atoms with van der Waals surface area (Å²) < 4.78 is 28.4. The second-order valence-corrected chi connectivity index (χ2v) is 9.98. The highest BCUT2D eigenvalue weighted by Crippen LogP contribution is 2.46. The maximum Gasteiger partial charge on any atom is 0.263 e. The first-order chi connectivity index (χ1) is 13.8. The van der Waals surface area contributed by atoms with E-state index in [4.69, 9.17) is 11.6 Å². The predicted molar refractivity (Wildman–Crippen MR) is 117 cm³/mol. The van der Waals surface area contributed by atoms with E-state index in [1.54, 1.807) is 18.3 Å². The molecule has 0 aliphatic carbocycles. The molecule has 0 saturated carbocycles. The molecule has 29 heavy (non-hydrogen) atoms. The zero-order valence-electron chi connectivity index (χ0n) is 16.2. The number of hydrogen-bond donors (Lipinski definition) is 2. The van der Waals surface area contributed by atoms with Gasteiger partial charge in [-0.15, -0.1) is 0 Å². The molecule has 0 saturated heterocycles. The zero-order valence-corrected chi connectivity index (χ0v) is 17.8. The van der Waals surface area contributed by atoms with E-state index in [-0.39, 0.29) is 16.4 Å². The maximum atomic E-state index is 12.8. The molecule has 2 aromatic carbocycles. The van der Waals surface area contributed by atoms with Crippen LogP contribution in [0.2, 0.25) is 5.02 Å². The number of halogens is 1. The molecule has 1 atom stereocenters. The number of sulfonamides is 1. The van der Waals surface area contributed by atoms with Gasteiger partial charge in [0.15, 0.2) is 0 Å². The molecule has 1 aliphatic rings. The molecule has 0 radical (unpaired) electrons. The van der Waals surface area contributed by atoms with Crippen LogP contribution in [0.1, 0.15) is 37.4 Å². The monoisotopic (exact) mass is 427 g/mol. The minimum Gasteiger partial charge on any atom is -0.378 e. The molecule has 1 aromatic heterocycles. The number of fused-ring (bicyclic) bond motifs is 1. The van der Waals surface area contributed by atoms with Gasteiger partial charge in [-0.1, -0.05) is 43.6 Å². The van der Waals surface area contributed by atoms with E-state index in [1.165, 1.54) is 12.3 Å².